The van der Waals surface area contributed by atoms with E-state index in [1.165, 1.54) is 0 Å². The molecule has 18 heavy (non-hydrogen) atoms. The number of rotatable bonds is 6. The molecule has 0 aliphatic rings. The fourth-order valence-electron chi connectivity index (χ4n) is 2.05. The summed E-state index contributed by atoms with van der Waals surface area (Å²) < 4.78 is 0. The average Bonchev–Trinajstić information content (AvgIpc) is 2.32. The Morgan fingerprint density at radius 1 is 1.39 bits per heavy atom. The lowest BCUT2D eigenvalue weighted by atomic mass is 9.97. The van der Waals surface area contributed by atoms with Gasteiger partial charge in [0.1, 0.15) is 5.82 Å². The van der Waals surface area contributed by atoms with E-state index >= 15 is 0 Å². The van der Waals surface area contributed by atoms with E-state index in [1.807, 2.05) is 13.0 Å². The molecule has 0 spiro atoms. The fourth-order valence-corrected chi connectivity index (χ4v) is 2.05. The second kappa shape index (κ2) is 6.99. The van der Waals surface area contributed by atoms with E-state index in [4.69, 9.17) is 5.73 Å². The van der Waals surface area contributed by atoms with E-state index in [-0.39, 0.29) is 11.8 Å². The van der Waals surface area contributed by atoms with Gasteiger partial charge < -0.3 is 11.1 Å². The Kier molecular flexibility index (Phi) is 5.62. The van der Waals surface area contributed by atoms with Gasteiger partial charge in [0, 0.05) is 5.92 Å². The number of hydrogen-bond acceptors (Lipinski definition) is 3. The molecule has 1 aromatic heterocycles. The van der Waals surface area contributed by atoms with Gasteiger partial charge in [0.05, 0.1) is 11.9 Å². The van der Waals surface area contributed by atoms with Gasteiger partial charge in [0.25, 0.3) is 0 Å². The highest BCUT2D eigenvalue weighted by molar-refractivity contribution is 5.92. The van der Waals surface area contributed by atoms with Crippen LogP contribution in [0.15, 0.2) is 12.3 Å². The Bertz CT molecular complexity index is 398. The first-order valence-corrected chi connectivity index (χ1v) is 6.61. The molecule has 1 rings (SSSR count). The Labute approximate surface area is 109 Å². The number of aromatic nitrogens is 1. The zero-order chi connectivity index (χ0) is 13.5. The highest BCUT2D eigenvalue weighted by Gasteiger charge is 2.17. The smallest absolute Gasteiger partial charge is 0.228 e. The second-order valence-corrected chi connectivity index (χ2v) is 4.70. The minimum Gasteiger partial charge on any atom is -0.397 e. The maximum Gasteiger partial charge on any atom is 0.228 e. The number of nitrogens with two attached hydrogens (primary N) is 1. The number of hydrogen-bond donors (Lipinski definition) is 2. The summed E-state index contributed by atoms with van der Waals surface area (Å²) in [5.41, 5.74) is 7.15. The number of nitrogens with one attached hydrogen (secondary N) is 1. The first-order valence-electron chi connectivity index (χ1n) is 6.61. The van der Waals surface area contributed by atoms with E-state index in [9.17, 15) is 4.79 Å². The monoisotopic (exact) mass is 249 g/mol. The van der Waals surface area contributed by atoms with Crippen molar-refractivity contribution in [1.29, 1.82) is 0 Å². The summed E-state index contributed by atoms with van der Waals surface area (Å²) in [7, 11) is 0. The normalized spacial score (nSPS) is 10.7. The van der Waals surface area contributed by atoms with Gasteiger partial charge in [-0.25, -0.2) is 4.98 Å². The topological polar surface area (TPSA) is 68.0 Å². The predicted octanol–water partition coefficient (Wildman–Crippen LogP) is 3.13. The SMILES string of the molecule is CCCC(CCC)C(=O)Nc1ncc(N)cc1C. The lowest BCUT2D eigenvalue weighted by Crippen LogP contribution is -2.23. The van der Waals surface area contributed by atoms with Crippen LogP contribution in [0.2, 0.25) is 0 Å². The standard InChI is InChI=1S/C14H23N3O/c1-4-6-11(7-5-2)14(18)17-13-10(3)8-12(15)9-16-13/h8-9,11H,4-7,15H2,1-3H3,(H,16,17,18). The van der Waals surface area contributed by atoms with E-state index in [0.717, 1.165) is 31.2 Å². The lowest BCUT2D eigenvalue weighted by molar-refractivity contribution is -0.120. The van der Waals surface area contributed by atoms with E-state index in [0.29, 0.717) is 11.5 Å². The molecular formula is C14H23N3O. The summed E-state index contributed by atoms with van der Waals surface area (Å²) >= 11 is 0. The number of nitrogens with zero attached hydrogens (tertiary/aromatic N) is 1. The van der Waals surface area contributed by atoms with Crippen LogP contribution in [0.4, 0.5) is 11.5 Å². The molecule has 0 aromatic carbocycles. The molecule has 0 unspecified atom stereocenters. The Balaban J connectivity index is 2.72. The maximum absolute atomic E-state index is 12.1. The summed E-state index contributed by atoms with van der Waals surface area (Å²) in [6.45, 7) is 6.10. The van der Waals surface area contributed by atoms with E-state index in [2.05, 4.69) is 24.1 Å². The van der Waals surface area contributed by atoms with Crippen molar-refractivity contribution >= 4 is 17.4 Å². The summed E-state index contributed by atoms with van der Waals surface area (Å²) in [5.74, 6) is 0.768. The second-order valence-electron chi connectivity index (χ2n) is 4.70. The van der Waals surface area contributed by atoms with Crippen LogP contribution in [0, 0.1) is 12.8 Å². The van der Waals surface area contributed by atoms with Crippen molar-refractivity contribution in [2.45, 2.75) is 46.5 Å². The van der Waals surface area contributed by atoms with Crippen molar-refractivity contribution in [1.82, 2.24) is 4.98 Å². The quantitative estimate of drug-likeness (QED) is 0.814. The third kappa shape index (κ3) is 4.02. The van der Waals surface area contributed by atoms with Gasteiger partial charge in [0.2, 0.25) is 5.91 Å². The zero-order valence-electron chi connectivity index (χ0n) is 11.5. The van der Waals surface area contributed by atoms with E-state index < -0.39 is 0 Å². The van der Waals surface area contributed by atoms with Crippen molar-refractivity contribution in [2.75, 3.05) is 11.1 Å². The summed E-state index contributed by atoms with van der Waals surface area (Å²) in [5, 5.41) is 2.90. The fraction of sp³-hybridized carbons (Fsp3) is 0.571. The molecule has 4 heteroatoms. The number of nitrogen functional groups attached to an aromatic ring is 1. The van der Waals surface area contributed by atoms with Crippen LogP contribution in [0.3, 0.4) is 0 Å². The van der Waals surface area contributed by atoms with Gasteiger partial charge in [-0.15, -0.1) is 0 Å². The Morgan fingerprint density at radius 3 is 2.50 bits per heavy atom. The molecule has 1 amide bonds. The Morgan fingerprint density at radius 2 is 2.00 bits per heavy atom. The van der Waals surface area contributed by atoms with E-state index in [1.54, 1.807) is 6.20 Å². The molecule has 0 bridgehead atoms. The molecule has 100 valence electrons. The minimum atomic E-state index is 0.0686. The highest BCUT2D eigenvalue weighted by atomic mass is 16.1. The van der Waals surface area contributed by atoms with Gasteiger partial charge in [0.15, 0.2) is 0 Å². The van der Waals surface area contributed by atoms with Crippen molar-refractivity contribution in [3.8, 4) is 0 Å². The van der Waals surface area contributed by atoms with Gasteiger partial charge in [-0.05, 0) is 31.4 Å². The summed E-state index contributed by atoms with van der Waals surface area (Å²) in [6, 6.07) is 1.82. The molecule has 0 saturated carbocycles. The number of pyridine rings is 1. The highest BCUT2D eigenvalue weighted by Crippen LogP contribution is 2.18. The minimum absolute atomic E-state index is 0.0686. The van der Waals surface area contributed by atoms with Gasteiger partial charge in [-0.3, -0.25) is 4.79 Å². The first-order chi connectivity index (χ1) is 8.58. The Hall–Kier alpha value is -1.58. The van der Waals surface area contributed by atoms with Crippen LogP contribution in [0.1, 0.15) is 45.1 Å². The van der Waals surface area contributed by atoms with Crippen LogP contribution in [0.5, 0.6) is 0 Å². The number of carbonyl (C=O) groups is 1. The molecule has 0 aliphatic carbocycles. The molecule has 0 fully saturated rings. The molecule has 0 atom stereocenters. The third-order valence-corrected chi connectivity index (χ3v) is 2.99. The summed E-state index contributed by atoms with van der Waals surface area (Å²) in [6.07, 6.45) is 5.46. The third-order valence-electron chi connectivity index (χ3n) is 2.99. The number of amides is 1. The number of aryl methyl sites for hydroxylation is 1. The molecule has 1 heterocycles. The molecular weight excluding hydrogens is 226 g/mol. The number of anilines is 2. The van der Waals surface area contributed by atoms with Crippen molar-refractivity contribution < 1.29 is 4.79 Å². The average molecular weight is 249 g/mol. The van der Waals surface area contributed by atoms with Crippen molar-refractivity contribution in [3.05, 3.63) is 17.8 Å². The molecule has 0 saturated heterocycles. The van der Waals surface area contributed by atoms with Crippen molar-refractivity contribution in [3.63, 3.8) is 0 Å². The zero-order valence-corrected chi connectivity index (χ0v) is 11.5. The van der Waals surface area contributed by atoms with Crippen LogP contribution in [-0.4, -0.2) is 10.9 Å². The van der Waals surface area contributed by atoms with Crippen LogP contribution in [-0.2, 0) is 4.79 Å². The van der Waals surface area contributed by atoms with Crippen LogP contribution >= 0.6 is 0 Å². The van der Waals surface area contributed by atoms with Crippen molar-refractivity contribution in [2.24, 2.45) is 5.92 Å². The molecule has 1 aromatic rings. The molecule has 3 N–H and O–H groups in total. The van der Waals surface area contributed by atoms with Gasteiger partial charge in [-0.1, -0.05) is 26.7 Å². The van der Waals surface area contributed by atoms with Gasteiger partial charge >= 0.3 is 0 Å². The summed E-state index contributed by atoms with van der Waals surface area (Å²) in [4.78, 5) is 16.3. The molecule has 0 aliphatic heterocycles. The van der Waals surface area contributed by atoms with Crippen LogP contribution in [0.25, 0.3) is 0 Å². The lowest BCUT2D eigenvalue weighted by Gasteiger charge is -2.15. The predicted molar refractivity (Wildman–Crippen MR) is 75.3 cm³/mol. The molecule has 4 nitrogen and oxygen atoms in total. The first kappa shape index (κ1) is 14.5. The van der Waals surface area contributed by atoms with Crippen LogP contribution < -0.4 is 11.1 Å². The number of carbonyl (C=O) groups excluding carboxylic acids is 1. The maximum atomic E-state index is 12.1. The largest absolute Gasteiger partial charge is 0.397 e. The van der Waals surface area contributed by atoms with Gasteiger partial charge in [-0.2, -0.15) is 0 Å². The molecule has 0 radical (unpaired) electrons.